The molecule has 2 amide bonds. The van der Waals surface area contributed by atoms with Gasteiger partial charge in [-0.3, -0.25) is 9.59 Å². The Morgan fingerprint density at radius 3 is 2.26 bits per heavy atom. The summed E-state index contributed by atoms with van der Waals surface area (Å²) in [5, 5.41) is 15.6. The number of primary amides is 1. The molecule has 0 aliphatic carbocycles. The number of methoxy groups -OCH3 is 1. The van der Waals surface area contributed by atoms with E-state index in [1.165, 1.54) is 15.6 Å². The van der Waals surface area contributed by atoms with Crippen molar-refractivity contribution in [2.45, 2.75) is 29.6 Å². The van der Waals surface area contributed by atoms with E-state index in [9.17, 15) is 23.1 Å². The van der Waals surface area contributed by atoms with Crippen molar-refractivity contribution in [3.63, 3.8) is 0 Å². The topological polar surface area (TPSA) is 151 Å². The number of ether oxygens (including phenoxy) is 1. The lowest BCUT2D eigenvalue weighted by molar-refractivity contribution is 0.0949. The van der Waals surface area contributed by atoms with Crippen molar-refractivity contribution in [1.29, 1.82) is 0 Å². The first-order valence-electron chi connectivity index (χ1n) is 13.6. The van der Waals surface area contributed by atoms with Crippen LogP contribution in [0.2, 0.25) is 0 Å². The lowest BCUT2D eigenvalue weighted by Crippen LogP contribution is -2.42. The van der Waals surface area contributed by atoms with Crippen LogP contribution in [-0.4, -0.2) is 55.9 Å². The zero-order valence-corrected chi connectivity index (χ0v) is 25.2. The van der Waals surface area contributed by atoms with Crippen LogP contribution in [0.5, 0.6) is 11.5 Å². The van der Waals surface area contributed by atoms with Gasteiger partial charge in [-0.1, -0.05) is 24.3 Å². The average molecular weight is 623 g/mol. The first kappa shape index (κ1) is 31.5. The summed E-state index contributed by atoms with van der Waals surface area (Å²) in [5.41, 5.74) is 6.91. The monoisotopic (exact) mass is 622 g/mol. The van der Waals surface area contributed by atoms with Gasteiger partial charge in [0.25, 0.3) is 15.9 Å². The summed E-state index contributed by atoms with van der Waals surface area (Å²) in [7, 11) is -2.04. The number of nitrogens with zero attached hydrogens (tertiary/aromatic N) is 1. The summed E-state index contributed by atoms with van der Waals surface area (Å²) >= 11 is 1.17. The highest BCUT2D eigenvalue weighted by Gasteiger charge is 2.30. The normalized spacial score (nSPS) is 13.8. The van der Waals surface area contributed by atoms with Crippen LogP contribution in [0.1, 0.15) is 38.4 Å². The van der Waals surface area contributed by atoms with Crippen molar-refractivity contribution in [2.24, 2.45) is 5.73 Å². The van der Waals surface area contributed by atoms with Crippen molar-refractivity contribution < 1.29 is 27.9 Å². The number of nitrogens with two attached hydrogens (primary N) is 1. The summed E-state index contributed by atoms with van der Waals surface area (Å²) in [6, 6.07) is 26.0. The van der Waals surface area contributed by atoms with Crippen LogP contribution in [0.3, 0.4) is 0 Å². The lowest BCUT2D eigenvalue weighted by Gasteiger charge is -2.31. The van der Waals surface area contributed by atoms with Gasteiger partial charge >= 0.3 is 0 Å². The predicted molar refractivity (Wildman–Crippen MR) is 167 cm³/mol. The van der Waals surface area contributed by atoms with Gasteiger partial charge in [-0.2, -0.15) is 4.31 Å². The minimum atomic E-state index is -3.58. The third kappa shape index (κ3) is 8.80. The summed E-state index contributed by atoms with van der Waals surface area (Å²) in [6.07, 6.45) is 1.38. The average Bonchev–Trinajstić information content (AvgIpc) is 3.52. The van der Waals surface area contributed by atoms with Crippen molar-refractivity contribution >= 4 is 38.9 Å². The van der Waals surface area contributed by atoms with Gasteiger partial charge in [-0.25, -0.2) is 8.42 Å². The Hall–Kier alpha value is -4.39. The Morgan fingerprint density at radius 2 is 1.63 bits per heavy atom. The molecule has 0 bridgehead atoms. The number of piperidine rings is 1. The molecule has 1 aliphatic rings. The molecule has 43 heavy (non-hydrogen) atoms. The SMILES string of the molecule is COc1cccc(C(=O)NCc2ccc(S(=O)(=O)N3CCC(Nc4ccc(O)cc4)CC3)s2)c1.NC(=O)c1ccccc1. The fourth-order valence-electron chi connectivity index (χ4n) is 4.39. The molecule has 0 atom stereocenters. The number of phenols is 1. The smallest absolute Gasteiger partial charge is 0.252 e. The van der Waals surface area contributed by atoms with Crippen LogP contribution in [0, 0.1) is 0 Å². The molecule has 5 N–H and O–H groups in total. The third-order valence-corrected chi connectivity index (χ3v) is 10.2. The van der Waals surface area contributed by atoms with E-state index in [1.807, 2.05) is 6.07 Å². The van der Waals surface area contributed by atoms with Gasteiger partial charge in [0.15, 0.2) is 0 Å². The number of phenolic OH excluding ortho intramolecular Hbond substituents is 1. The maximum atomic E-state index is 13.1. The predicted octanol–water partition coefficient (Wildman–Crippen LogP) is 4.44. The van der Waals surface area contributed by atoms with Crippen molar-refractivity contribution in [1.82, 2.24) is 9.62 Å². The molecule has 10 nitrogen and oxygen atoms in total. The van der Waals surface area contributed by atoms with E-state index in [1.54, 1.807) is 92.0 Å². The van der Waals surface area contributed by atoms with E-state index >= 15 is 0 Å². The van der Waals surface area contributed by atoms with Crippen molar-refractivity contribution in [3.05, 3.63) is 107 Å². The summed E-state index contributed by atoms with van der Waals surface area (Å²) < 4.78 is 33.2. The van der Waals surface area contributed by atoms with Crippen LogP contribution in [0.15, 0.2) is 95.2 Å². The van der Waals surface area contributed by atoms with Gasteiger partial charge in [0.1, 0.15) is 15.7 Å². The number of carbonyl (C=O) groups excluding carboxylic acids is 2. The zero-order chi connectivity index (χ0) is 30.8. The molecule has 0 spiro atoms. The Morgan fingerprint density at radius 1 is 0.953 bits per heavy atom. The Bertz CT molecular complexity index is 1620. The van der Waals surface area contributed by atoms with Gasteiger partial charge in [-0.15, -0.1) is 11.3 Å². The van der Waals surface area contributed by atoms with E-state index in [0.717, 1.165) is 10.6 Å². The van der Waals surface area contributed by atoms with Crippen LogP contribution in [-0.2, 0) is 16.6 Å². The molecule has 12 heteroatoms. The highest BCUT2D eigenvalue weighted by Crippen LogP contribution is 2.28. The lowest BCUT2D eigenvalue weighted by atomic mass is 10.1. The fourth-order valence-corrected chi connectivity index (χ4v) is 7.31. The summed E-state index contributed by atoms with van der Waals surface area (Å²) in [4.78, 5) is 23.6. The number of aromatic hydroxyl groups is 1. The zero-order valence-electron chi connectivity index (χ0n) is 23.6. The molecule has 4 aromatic rings. The molecule has 1 aliphatic heterocycles. The van der Waals surface area contributed by atoms with E-state index in [4.69, 9.17) is 10.5 Å². The maximum Gasteiger partial charge on any atom is 0.252 e. The molecule has 1 saturated heterocycles. The van der Waals surface area contributed by atoms with Gasteiger partial charge in [0.2, 0.25) is 5.91 Å². The minimum absolute atomic E-state index is 0.168. The summed E-state index contributed by atoms with van der Waals surface area (Å²) in [6.45, 7) is 1.10. The van der Waals surface area contributed by atoms with Gasteiger partial charge in [0, 0.05) is 40.8 Å². The Balaban J connectivity index is 0.000000403. The first-order valence-corrected chi connectivity index (χ1v) is 15.8. The van der Waals surface area contributed by atoms with Gasteiger partial charge < -0.3 is 26.2 Å². The largest absolute Gasteiger partial charge is 0.508 e. The van der Waals surface area contributed by atoms with Crippen LogP contribution in [0.4, 0.5) is 5.69 Å². The minimum Gasteiger partial charge on any atom is -0.508 e. The number of hydrogen-bond acceptors (Lipinski definition) is 8. The molecule has 0 saturated carbocycles. The molecule has 2 heterocycles. The molecule has 0 unspecified atom stereocenters. The molecular formula is C31H34N4O6S2. The van der Waals surface area contributed by atoms with Crippen LogP contribution in [0.25, 0.3) is 0 Å². The second-order valence-corrected chi connectivity index (χ2v) is 13.1. The highest BCUT2D eigenvalue weighted by atomic mass is 32.2. The number of anilines is 1. The second-order valence-electron chi connectivity index (χ2n) is 9.74. The summed E-state index contributed by atoms with van der Waals surface area (Å²) in [5.74, 6) is 0.177. The number of benzene rings is 3. The van der Waals surface area contributed by atoms with Crippen LogP contribution < -0.4 is 21.1 Å². The number of nitrogens with one attached hydrogen (secondary N) is 2. The van der Waals surface area contributed by atoms with E-state index < -0.39 is 10.0 Å². The third-order valence-electron chi connectivity index (χ3n) is 6.74. The fraction of sp³-hybridized carbons (Fsp3) is 0.226. The Labute approximate surface area is 255 Å². The number of amides is 2. The quantitative estimate of drug-likeness (QED) is 0.202. The molecule has 1 aromatic heterocycles. The Kier molecular flexibility index (Phi) is 10.8. The molecule has 1 fully saturated rings. The van der Waals surface area contributed by atoms with E-state index in [0.29, 0.717) is 42.8 Å². The number of hydrogen-bond donors (Lipinski definition) is 4. The number of carbonyl (C=O) groups is 2. The van der Waals surface area contributed by atoms with Crippen molar-refractivity contribution in [2.75, 3.05) is 25.5 Å². The van der Waals surface area contributed by atoms with Crippen molar-refractivity contribution in [3.8, 4) is 11.5 Å². The number of thiophene rings is 1. The van der Waals surface area contributed by atoms with Gasteiger partial charge in [0.05, 0.1) is 13.7 Å². The van der Waals surface area contributed by atoms with Crippen LogP contribution >= 0.6 is 11.3 Å². The molecule has 226 valence electrons. The molecule has 0 radical (unpaired) electrons. The maximum absolute atomic E-state index is 13.1. The van der Waals surface area contributed by atoms with E-state index in [2.05, 4.69) is 10.6 Å². The number of rotatable bonds is 9. The first-order chi connectivity index (χ1) is 20.7. The number of sulfonamides is 1. The molecular weight excluding hydrogens is 588 g/mol. The van der Waals surface area contributed by atoms with Gasteiger partial charge in [-0.05, 0) is 79.6 Å². The second kappa shape index (κ2) is 14.7. The molecule has 3 aromatic carbocycles. The van der Waals surface area contributed by atoms with E-state index in [-0.39, 0.29) is 34.4 Å². The highest BCUT2D eigenvalue weighted by molar-refractivity contribution is 7.91. The standard InChI is InChI=1S/C24H27N3O5S2.C7H7NO/c1-32-21-4-2-3-17(15-21)24(29)25-16-22-9-10-23(33-22)34(30,31)27-13-11-19(12-14-27)26-18-5-7-20(28)8-6-18;8-7(9)6-4-2-1-3-5-6/h2-10,15,19,26,28H,11-14,16H2,1H3,(H,25,29);1-5H,(H2,8,9). The molecule has 5 rings (SSSR count).